The second kappa shape index (κ2) is 5.03. The zero-order valence-corrected chi connectivity index (χ0v) is 11.6. The van der Waals surface area contributed by atoms with E-state index in [9.17, 15) is 4.79 Å². The van der Waals surface area contributed by atoms with E-state index in [-0.39, 0.29) is 5.91 Å². The number of amides is 1. The number of nitrogens with zero attached hydrogens (tertiary/aromatic N) is 3. The number of aromatic nitrogens is 2. The molecule has 6 nitrogen and oxygen atoms in total. The third kappa shape index (κ3) is 2.29. The smallest absolute Gasteiger partial charge is 0.242 e. The van der Waals surface area contributed by atoms with Gasteiger partial charge in [-0.3, -0.25) is 9.89 Å². The van der Waals surface area contributed by atoms with E-state index in [4.69, 9.17) is 5.73 Å². The van der Waals surface area contributed by atoms with Crippen LogP contribution in [-0.4, -0.2) is 47.7 Å². The van der Waals surface area contributed by atoms with Crippen molar-refractivity contribution in [2.75, 3.05) is 37.3 Å². The van der Waals surface area contributed by atoms with E-state index in [0.717, 1.165) is 42.5 Å². The lowest BCUT2D eigenvalue weighted by Crippen LogP contribution is -2.37. The van der Waals surface area contributed by atoms with E-state index >= 15 is 0 Å². The first-order chi connectivity index (χ1) is 9.65. The molecule has 2 heterocycles. The molecule has 0 radical (unpaired) electrons. The highest BCUT2D eigenvalue weighted by molar-refractivity contribution is 5.90. The Morgan fingerprint density at radius 3 is 2.95 bits per heavy atom. The number of nitrogens with one attached hydrogen (secondary N) is 1. The number of carbonyl (C=O) groups excluding carboxylic acids is 1. The fourth-order valence-electron chi connectivity index (χ4n) is 2.68. The van der Waals surface area contributed by atoms with Gasteiger partial charge in [0.25, 0.3) is 0 Å². The van der Waals surface area contributed by atoms with Gasteiger partial charge in [-0.1, -0.05) is 0 Å². The van der Waals surface area contributed by atoms with E-state index in [0.29, 0.717) is 12.2 Å². The number of aromatic amines is 1. The van der Waals surface area contributed by atoms with Crippen molar-refractivity contribution in [3.8, 4) is 0 Å². The molecule has 0 bridgehead atoms. The zero-order chi connectivity index (χ0) is 14.1. The Morgan fingerprint density at radius 1 is 1.45 bits per heavy atom. The second-order valence-electron chi connectivity index (χ2n) is 5.31. The molecule has 1 aliphatic heterocycles. The molecule has 0 atom stereocenters. The average Bonchev–Trinajstić information content (AvgIpc) is 3.08. The molecule has 0 aliphatic carbocycles. The SMILES string of the molecule is CN(CC(=O)N1CCCC1)c1cc2[nH]ncc2cc1N. The number of nitrogen functional groups attached to an aromatic ring is 1. The van der Waals surface area contributed by atoms with Crippen molar-refractivity contribution >= 4 is 28.2 Å². The molecule has 1 fully saturated rings. The number of benzene rings is 1. The molecule has 0 unspecified atom stereocenters. The first-order valence-corrected chi connectivity index (χ1v) is 6.86. The number of H-pyrrole nitrogens is 1. The quantitative estimate of drug-likeness (QED) is 0.824. The number of likely N-dealkylation sites (tertiary alicyclic amines) is 1. The maximum Gasteiger partial charge on any atom is 0.242 e. The summed E-state index contributed by atoms with van der Waals surface area (Å²) in [5.74, 6) is 0.161. The van der Waals surface area contributed by atoms with Crippen LogP contribution in [0.5, 0.6) is 0 Å². The number of likely N-dealkylation sites (N-methyl/N-ethyl adjacent to an activating group) is 1. The molecule has 3 N–H and O–H groups in total. The van der Waals surface area contributed by atoms with E-state index in [1.165, 1.54) is 0 Å². The van der Waals surface area contributed by atoms with Gasteiger partial charge in [0.2, 0.25) is 5.91 Å². The number of anilines is 2. The number of rotatable bonds is 3. The third-order valence-electron chi connectivity index (χ3n) is 3.83. The Kier molecular flexibility index (Phi) is 3.22. The molecule has 2 aromatic rings. The van der Waals surface area contributed by atoms with Crippen LogP contribution in [-0.2, 0) is 4.79 Å². The summed E-state index contributed by atoms with van der Waals surface area (Å²) in [6.45, 7) is 2.10. The fourth-order valence-corrected chi connectivity index (χ4v) is 2.68. The molecule has 1 aromatic heterocycles. The van der Waals surface area contributed by atoms with Crippen LogP contribution in [0, 0.1) is 0 Å². The topological polar surface area (TPSA) is 78.2 Å². The lowest BCUT2D eigenvalue weighted by atomic mass is 10.2. The Balaban J connectivity index is 1.78. The Hall–Kier alpha value is -2.24. The van der Waals surface area contributed by atoms with Gasteiger partial charge in [0.05, 0.1) is 29.6 Å². The molecule has 106 valence electrons. The molecule has 3 rings (SSSR count). The lowest BCUT2D eigenvalue weighted by molar-refractivity contribution is -0.128. The summed E-state index contributed by atoms with van der Waals surface area (Å²) < 4.78 is 0. The number of nitrogens with two attached hydrogens (primary N) is 1. The predicted molar refractivity (Wildman–Crippen MR) is 79.6 cm³/mol. The van der Waals surface area contributed by atoms with Gasteiger partial charge in [-0.15, -0.1) is 0 Å². The second-order valence-corrected chi connectivity index (χ2v) is 5.31. The fraction of sp³-hybridized carbons (Fsp3) is 0.429. The highest BCUT2D eigenvalue weighted by atomic mass is 16.2. The van der Waals surface area contributed by atoms with Gasteiger partial charge in [0.1, 0.15) is 0 Å². The van der Waals surface area contributed by atoms with Crippen LogP contribution in [0.15, 0.2) is 18.3 Å². The van der Waals surface area contributed by atoms with Gasteiger partial charge in [0.15, 0.2) is 0 Å². The lowest BCUT2D eigenvalue weighted by Gasteiger charge is -2.24. The largest absolute Gasteiger partial charge is 0.397 e. The minimum Gasteiger partial charge on any atom is -0.397 e. The van der Waals surface area contributed by atoms with Crippen LogP contribution in [0.2, 0.25) is 0 Å². The molecule has 0 saturated carbocycles. The summed E-state index contributed by atoms with van der Waals surface area (Å²) >= 11 is 0. The van der Waals surface area contributed by atoms with Crippen LogP contribution in [0.25, 0.3) is 10.9 Å². The number of carbonyl (C=O) groups is 1. The van der Waals surface area contributed by atoms with Crippen molar-refractivity contribution in [2.45, 2.75) is 12.8 Å². The first kappa shape index (κ1) is 12.8. The molecule has 0 spiro atoms. The summed E-state index contributed by atoms with van der Waals surface area (Å²) in [4.78, 5) is 16.0. The van der Waals surface area contributed by atoms with Gasteiger partial charge in [0, 0.05) is 25.5 Å². The minimum absolute atomic E-state index is 0.161. The highest BCUT2D eigenvalue weighted by Crippen LogP contribution is 2.27. The number of hydrogen-bond acceptors (Lipinski definition) is 4. The van der Waals surface area contributed by atoms with Gasteiger partial charge < -0.3 is 15.5 Å². The van der Waals surface area contributed by atoms with E-state index in [1.54, 1.807) is 6.20 Å². The molecule has 1 aliphatic rings. The van der Waals surface area contributed by atoms with E-state index in [1.807, 2.05) is 29.0 Å². The number of hydrogen-bond donors (Lipinski definition) is 2. The average molecular weight is 273 g/mol. The van der Waals surface area contributed by atoms with E-state index < -0.39 is 0 Å². The summed E-state index contributed by atoms with van der Waals surface area (Å²) in [6.07, 6.45) is 3.96. The maximum absolute atomic E-state index is 12.2. The van der Waals surface area contributed by atoms with Crippen molar-refractivity contribution in [3.63, 3.8) is 0 Å². The normalized spacial score (nSPS) is 14.9. The molecular formula is C14H19N5O. The molecular weight excluding hydrogens is 254 g/mol. The first-order valence-electron chi connectivity index (χ1n) is 6.86. The van der Waals surface area contributed by atoms with Crippen molar-refractivity contribution in [1.29, 1.82) is 0 Å². The van der Waals surface area contributed by atoms with Gasteiger partial charge >= 0.3 is 0 Å². The Labute approximate surface area is 117 Å². The molecule has 6 heteroatoms. The molecule has 20 heavy (non-hydrogen) atoms. The van der Waals surface area contributed by atoms with Crippen LogP contribution in [0.3, 0.4) is 0 Å². The van der Waals surface area contributed by atoms with Gasteiger partial charge in [-0.05, 0) is 25.0 Å². The summed E-state index contributed by atoms with van der Waals surface area (Å²) in [7, 11) is 1.89. The Bertz CT molecular complexity index is 630. The van der Waals surface area contributed by atoms with E-state index in [2.05, 4.69) is 10.2 Å². The molecule has 1 amide bonds. The predicted octanol–water partition coefficient (Wildman–Crippen LogP) is 1.20. The van der Waals surface area contributed by atoms with Crippen LogP contribution in [0.4, 0.5) is 11.4 Å². The third-order valence-corrected chi connectivity index (χ3v) is 3.83. The minimum atomic E-state index is 0.161. The van der Waals surface area contributed by atoms with Crippen LogP contribution >= 0.6 is 0 Å². The van der Waals surface area contributed by atoms with Gasteiger partial charge in [-0.25, -0.2) is 0 Å². The monoisotopic (exact) mass is 273 g/mol. The van der Waals surface area contributed by atoms with Gasteiger partial charge in [-0.2, -0.15) is 5.10 Å². The highest BCUT2D eigenvalue weighted by Gasteiger charge is 2.20. The zero-order valence-electron chi connectivity index (χ0n) is 11.6. The molecule has 1 saturated heterocycles. The van der Waals surface area contributed by atoms with Crippen LogP contribution < -0.4 is 10.6 Å². The summed E-state index contributed by atoms with van der Waals surface area (Å²) in [5, 5.41) is 7.89. The van der Waals surface area contributed by atoms with Crippen molar-refractivity contribution in [1.82, 2.24) is 15.1 Å². The van der Waals surface area contributed by atoms with Crippen LogP contribution in [0.1, 0.15) is 12.8 Å². The number of fused-ring (bicyclic) bond motifs is 1. The van der Waals surface area contributed by atoms with Crippen molar-refractivity contribution in [3.05, 3.63) is 18.3 Å². The molecule has 1 aromatic carbocycles. The summed E-state index contributed by atoms with van der Waals surface area (Å²) in [5.41, 5.74) is 8.51. The standard InChI is InChI=1S/C14H19N5O/c1-18(9-14(20)19-4-2-3-5-19)13-7-12-10(6-11(13)15)8-16-17-12/h6-8H,2-5,9,15H2,1H3,(H,16,17). The maximum atomic E-state index is 12.2. The summed E-state index contributed by atoms with van der Waals surface area (Å²) in [6, 6.07) is 3.82. The van der Waals surface area contributed by atoms with Crippen molar-refractivity contribution in [2.24, 2.45) is 0 Å². The van der Waals surface area contributed by atoms with Crippen molar-refractivity contribution < 1.29 is 4.79 Å². The Morgan fingerprint density at radius 2 is 2.20 bits per heavy atom.